The minimum absolute atomic E-state index is 0.0183. The van der Waals surface area contributed by atoms with Gasteiger partial charge in [-0.3, -0.25) is 9.78 Å². The maximum absolute atomic E-state index is 14.9. The SMILES string of the molecule is O=C(N1CCOCC(Cc2nccn3cccc23)C1)C1(c2ccccc2F)CCOCC1. The molecule has 2 saturated heterocycles. The van der Waals surface area contributed by atoms with Gasteiger partial charge in [0.25, 0.3) is 0 Å². The number of ether oxygens (including phenoxy) is 2. The summed E-state index contributed by atoms with van der Waals surface area (Å²) in [5.74, 6) is -0.225. The maximum Gasteiger partial charge on any atom is 0.233 e. The largest absolute Gasteiger partial charge is 0.381 e. The van der Waals surface area contributed by atoms with Crippen molar-refractivity contribution in [1.82, 2.24) is 14.3 Å². The smallest absolute Gasteiger partial charge is 0.233 e. The molecule has 0 radical (unpaired) electrons. The summed E-state index contributed by atoms with van der Waals surface area (Å²) in [4.78, 5) is 20.5. The van der Waals surface area contributed by atoms with E-state index in [1.54, 1.807) is 24.4 Å². The fourth-order valence-corrected chi connectivity index (χ4v) is 5.12. The van der Waals surface area contributed by atoms with Crippen LogP contribution in [0.1, 0.15) is 24.1 Å². The number of hydrogen-bond donors (Lipinski definition) is 0. The Kier molecular flexibility index (Phi) is 5.93. The van der Waals surface area contributed by atoms with Crippen molar-refractivity contribution in [2.75, 3.05) is 39.5 Å². The molecule has 0 N–H and O–H groups in total. The molecule has 3 aromatic rings. The Morgan fingerprint density at radius 3 is 2.78 bits per heavy atom. The molecule has 0 bridgehead atoms. The topological polar surface area (TPSA) is 56.1 Å². The molecule has 6 nitrogen and oxygen atoms in total. The van der Waals surface area contributed by atoms with Crippen molar-refractivity contribution in [2.45, 2.75) is 24.7 Å². The molecular formula is C25H28FN3O3. The Hall–Kier alpha value is -2.77. The number of aromatic nitrogens is 2. The standard InChI is InChI=1S/C25H28FN3O3/c26-21-5-2-1-4-20(21)25(7-13-31-14-8-25)24(30)29-12-15-32-18-19(17-29)16-22-23-6-3-10-28(23)11-9-27-22/h1-6,9-11,19H,7-8,12-18H2. The van der Waals surface area contributed by atoms with E-state index in [0.717, 1.165) is 11.2 Å². The Balaban J connectivity index is 1.41. The van der Waals surface area contributed by atoms with E-state index in [9.17, 15) is 9.18 Å². The van der Waals surface area contributed by atoms with E-state index in [4.69, 9.17) is 9.47 Å². The van der Waals surface area contributed by atoms with Gasteiger partial charge in [-0.05, 0) is 37.5 Å². The van der Waals surface area contributed by atoms with Crippen LogP contribution in [0.3, 0.4) is 0 Å². The van der Waals surface area contributed by atoms with E-state index in [1.807, 2.05) is 23.4 Å². The molecule has 1 aromatic carbocycles. The van der Waals surface area contributed by atoms with Gasteiger partial charge in [0.15, 0.2) is 0 Å². The zero-order valence-electron chi connectivity index (χ0n) is 18.1. The van der Waals surface area contributed by atoms with Gasteiger partial charge in [0, 0.05) is 56.4 Å². The van der Waals surface area contributed by atoms with Gasteiger partial charge in [0.2, 0.25) is 5.91 Å². The van der Waals surface area contributed by atoms with Crippen LogP contribution in [-0.2, 0) is 26.1 Å². The number of carbonyl (C=O) groups excluding carboxylic acids is 1. The molecule has 32 heavy (non-hydrogen) atoms. The molecule has 5 rings (SSSR count). The van der Waals surface area contributed by atoms with Crippen LogP contribution in [0.2, 0.25) is 0 Å². The van der Waals surface area contributed by atoms with Crippen molar-refractivity contribution in [3.8, 4) is 0 Å². The highest BCUT2D eigenvalue weighted by Crippen LogP contribution is 2.38. The minimum atomic E-state index is -0.891. The molecule has 0 aliphatic carbocycles. The maximum atomic E-state index is 14.9. The lowest BCUT2D eigenvalue weighted by atomic mass is 9.72. The number of rotatable bonds is 4. The summed E-state index contributed by atoms with van der Waals surface area (Å²) in [7, 11) is 0. The van der Waals surface area contributed by atoms with Crippen molar-refractivity contribution >= 4 is 11.4 Å². The second-order valence-corrected chi connectivity index (χ2v) is 8.75. The molecule has 2 aliphatic rings. The Bertz CT molecular complexity index is 1090. The van der Waals surface area contributed by atoms with E-state index in [2.05, 4.69) is 15.5 Å². The highest BCUT2D eigenvalue weighted by molar-refractivity contribution is 5.88. The fourth-order valence-electron chi connectivity index (χ4n) is 5.12. The summed E-state index contributed by atoms with van der Waals surface area (Å²) in [6, 6.07) is 10.7. The Morgan fingerprint density at radius 2 is 1.94 bits per heavy atom. The van der Waals surface area contributed by atoms with E-state index in [-0.39, 0.29) is 17.6 Å². The first-order valence-corrected chi connectivity index (χ1v) is 11.3. The van der Waals surface area contributed by atoms with Crippen molar-refractivity contribution in [3.63, 3.8) is 0 Å². The lowest BCUT2D eigenvalue weighted by molar-refractivity contribution is -0.142. The second-order valence-electron chi connectivity index (χ2n) is 8.75. The predicted octanol–water partition coefficient (Wildman–Crippen LogP) is 3.24. The van der Waals surface area contributed by atoms with Gasteiger partial charge in [-0.15, -0.1) is 0 Å². The van der Waals surface area contributed by atoms with Gasteiger partial charge in [-0.1, -0.05) is 18.2 Å². The fraction of sp³-hybridized carbons (Fsp3) is 0.440. The molecule has 1 atom stereocenters. The number of hydrogen-bond acceptors (Lipinski definition) is 4. The average molecular weight is 438 g/mol. The summed E-state index contributed by atoms with van der Waals surface area (Å²) in [5, 5.41) is 0. The van der Waals surface area contributed by atoms with Gasteiger partial charge >= 0.3 is 0 Å². The van der Waals surface area contributed by atoms with Crippen molar-refractivity contribution in [1.29, 1.82) is 0 Å². The monoisotopic (exact) mass is 437 g/mol. The van der Waals surface area contributed by atoms with Gasteiger partial charge < -0.3 is 18.8 Å². The van der Waals surface area contributed by atoms with Crippen molar-refractivity contribution < 1.29 is 18.7 Å². The molecular weight excluding hydrogens is 409 g/mol. The highest BCUT2D eigenvalue weighted by atomic mass is 19.1. The zero-order valence-corrected chi connectivity index (χ0v) is 18.1. The first-order chi connectivity index (χ1) is 15.7. The normalized spacial score (nSPS) is 21.4. The molecule has 0 saturated carbocycles. The zero-order chi connectivity index (χ0) is 22.0. The second kappa shape index (κ2) is 9.00. The van der Waals surface area contributed by atoms with Gasteiger partial charge in [0.1, 0.15) is 5.82 Å². The van der Waals surface area contributed by atoms with Crippen LogP contribution in [0.25, 0.3) is 5.52 Å². The van der Waals surface area contributed by atoms with E-state index in [0.29, 0.717) is 64.3 Å². The molecule has 0 spiro atoms. The third-order valence-electron chi connectivity index (χ3n) is 6.78. The third kappa shape index (κ3) is 3.91. The van der Waals surface area contributed by atoms with Crippen LogP contribution in [0.4, 0.5) is 4.39 Å². The number of fused-ring (bicyclic) bond motifs is 1. The lowest BCUT2D eigenvalue weighted by Gasteiger charge is -2.40. The summed E-state index contributed by atoms with van der Waals surface area (Å²) in [5.41, 5.74) is 1.66. The number of carbonyl (C=O) groups is 1. The first kappa shape index (κ1) is 21.1. The average Bonchev–Trinajstić information content (AvgIpc) is 3.19. The van der Waals surface area contributed by atoms with Gasteiger partial charge in [-0.25, -0.2) is 4.39 Å². The van der Waals surface area contributed by atoms with E-state index in [1.165, 1.54) is 6.07 Å². The molecule has 1 amide bonds. The van der Waals surface area contributed by atoms with Crippen LogP contribution >= 0.6 is 0 Å². The van der Waals surface area contributed by atoms with Crippen molar-refractivity contribution in [2.24, 2.45) is 5.92 Å². The highest BCUT2D eigenvalue weighted by Gasteiger charge is 2.46. The van der Waals surface area contributed by atoms with Gasteiger partial charge in [-0.2, -0.15) is 0 Å². The van der Waals surface area contributed by atoms with Crippen LogP contribution in [-0.4, -0.2) is 59.7 Å². The number of amides is 1. The minimum Gasteiger partial charge on any atom is -0.381 e. The summed E-state index contributed by atoms with van der Waals surface area (Å²) in [6.45, 7) is 3.04. The van der Waals surface area contributed by atoms with E-state index < -0.39 is 5.41 Å². The van der Waals surface area contributed by atoms with Crippen LogP contribution in [0.5, 0.6) is 0 Å². The molecule has 1 unspecified atom stereocenters. The number of nitrogens with zero attached hydrogens (tertiary/aromatic N) is 3. The summed E-state index contributed by atoms with van der Waals surface area (Å²) < 4.78 is 28.3. The summed E-state index contributed by atoms with van der Waals surface area (Å²) >= 11 is 0. The first-order valence-electron chi connectivity index (χ1n) is 11.3. The van der Waals surface area contributed by atoms with Gasteiger partial charge in [0.05, 0.1) is 29.8 Å². The molecule has 2 aromatic heterocycles. The quantitative estimate of drug-likeness (QED) is 0.629. The van der Waals surface area contributed by atoms with Crippen molar-refractivity contribution in [3.05, 3.63) is 72.1 Å². The summed E-state index contributed by atoms with van der Waals surface area (Å²) in [6.07, 6.45) is 7.43. The Labute approximate surface area is 187 Å². The molecule has 2 aliphatic heterocycles. The molecule has 4 heterocycles. The third-order valence-corrected chi connectivity index (χ3v) is 6.78. The predicted molar refractivity (Wildman–Crippen MR) is 118 cm³/mol. The molecule has 168 valence electrons. The lowest BCUT2D eigenvalue weighted by Crippen LogP contribution is -2.51. The van der Waals surface area contributed by atoms with Crippen LogP contribution in [0, 0.1) is 11.7 Å². The number of benzene rings is 1. The molecule has 7 heteroatoms. The van der Waals surface area contributed by atoms with Crippen LogP contribution < -0.4 is 0 Å². The van der Waals surface area contributed by atoms with E-state index >= 15 is 0 Å². The Morgan fingerprint density at radius 1 is 1.09 bits per heavy atom. The molecule has 2 fully saturated rings. The number of halogens is 1. The van der Waals surface area contributed by atoms with Crippen LogP contribution in [0.15, 0.2) is 55.0 Å².